The van der Waals surface area contributed by atoms with Crippen LogP contribution in [0.1, 0.15) is 81.1 Å². The number of hydrogen-bond acceptors (Lipinski definition) is 7. The van der Waals surface area contributed by atoms with E-state index in [1.807, 2.05) is 55.4 Å². The van der Waals surface area contributed by atoms with Gasteiger partial charge in [0.15, 0.2) is 0 Å². The van der Waals surface area contributed by atoms with Crippen LogP contribution in [-0.4, -0.2) is 93.4 Å². The molecule has 2 heterocycles. The van der Waals surface area contributed by atoms with Gasteiger partial charge in [0.2, 0.25) is 11.1 Å². The zero-order chi connectivity index (χ0) is 30.7. The number of amides is 3. The van der Waals surface area contributed by atoms with E-state index < -0.39 is 22.0 Å². The van der Waals surface area contributed by atoms with Gasteiger partial charge >= 0.3 is 12.2 Å². The predicted octanol–water partition coefficient (Wildman–Crippen LogP) is 4.86. The van der Waals surface area contributed by atoms with Gasteiger partial charge < -0.3 is 30.3 Å². The smallest absolute Gasteiger partial charge is 0.410 e. The molecule has 0 radical (unpaired) electrons. The van der Waals surface area contributed by atoms with E-state index >= 15 is 0 Å². The van der Waals surface area contributed by atoms with Gasteiger partial charge in [-0.05, 0) is 92.7 Å². The van der Waals surface area contributed by atoms with Crippen LogP contribution in [-0.2, 0) is 19.1 Å². The van der Waals surface area contributed by atoms with Crippen molar-refractivity contribution in [1.82, 2.24) is 15.1 Å². The maximum absolute atomic E-state index is 12.2. The van der Waals surface area contributed by atoms with E-state index in [9.17, 15) is 19.2 Å². The average Bonchev–Trinajstić information content (AvgIpc) is 3.39. The van der Waals surface area contributed by atoms with E-state index in [2.05, 4.69) is 5.32 Å². The first-order valence-electron chi connectivity index (χ1n) is 13.0. The highest BCUT2D eigenvalue weighted by Crippen LogP contribution is 2.30. The van der Waals surface area contributed by atoms with Crippen LogP contribution in [0.25, 0.3) is 0 Å². The molecule has 0 saturated carbocycles. The Labute approximate surface area is 248 Å². The molecule has 3 amide bonds. The van der Waals surface area contributed by atoms with Gasteiger partial charge in [-0.3, -0.25) is 9.59 Å². The first-order valence-corrected chi connectivity index (χ1v) is 14.5. The predicted molar refractivity (Wildman–Crippen MR) is 156 cm³/mol. The maximum atomic E-state index is 12.2. The lowest BCUT2D eigenvalue weighted by Crippen LogP contribution is -2.53. The van der Waals surface area contributed by atoms with Crippen LogP contribution >= 0.6 is 34.8 Å². The number of alkyl halides is 2. The van der Waals surface area contributed by atoms with E-state index in [1.165, 1.54) is 0 Å². The number of hydrogen-bond donors (Lipinski definition) is 2. The molecule has 2 aliphatic heterocycles. The molecular formula is C26H47Cl3N4O6. The van der Waals surface area contributed by atoms with Crippen molar-refractivity contribution in [3.8, 4) is 0 Å². The van der Waals surface area contributed by atoms with Crippen LogP contribution in [0.5, 0.6) is 0 Å². The summed E-state index contributed by atoms with van der Waals surface area (Å²) in [7, 11) is 0. The summed E-state index contributed by atoms with van der Waals surface area (Å²) in [6.07, 6.45) is 3.15. The molecule has 0 spiro atoms. The minimum Gasteiger partial charge on any atom is -0.444 e. The number of nitrogens with one attached hydrogen (secondary N) is 1. The van der Waals surface area contributed by atoms with E-state index in [0.717, 1.165) is 32.2 Å². The molecule has 13 heteroatoms. The van der Waals surface area contributed by atoms with Crippen LogP contribution in [0.3, 0.4) is 0 Å². The van der Waals surface area contributed by atoms with Crippen molar-refractivity contribution in [3.63, 3.8) is 0 Å². The first kappa shape index (κ1) is 37.5. The number of likely N-dealkylation sites (tertiary alicyclic amines) is 2. The molecule has 3 N–H and O–H groups in total. The van der Waals surface area contributed by atoms with Crippen molar-refractivity contribution in [2.75, 3.05) is 37.9 Å². The summed E-state index contributed by atoms with van der Waals surface area (Å²) in [5.74, 6) is -0.386. The SMILES string of the molecule is CC(C)(C)OC(=O)N1CCCC1(C)CN.CC(C)(C)OC(=O)N1CCCC1(C)CNC(=O)CCl.O=C(Cl)CCl. The second kappa shape index (κ2) is 16.1. The van der Waals surface area contributed by atoms with Crippen LogP contribution in [0.2, 0.25) is 0 Å². The third-order valence-electron chi connectivity index (χ3n) is 6.06. The number of carbonyl (C=O) groups excluding carboxylic acids is 4. The summed E-state index contributed by atoms with van der Waals surface area (Å²) in [5, 5.41) is 2.23. The number of ether oxygens (including phenoxy) is 2. The summed E-state index contributed by atoms with van der Waals surface area (Å²) in [5.41, 5.74) is 4.14. The topological polar surface area (TPSA) is 131 Å². The Hall–Kier alpha value is -1.49. The lowest BCUT2D eigenvalue weighted by molar-refractivity contribution is -0.119. The van der Waals surface area contributed by atoms with Gasteiger partial charge in [0.1, 0.15) is 17.1 Å². The molecule has 2 unspecified atom stereocenters. The Kier molecular flexibility index (Phi) is 15.5. The normalized spacial score (nSPS) is 22.7. The van der Waals surface area contributed by atoms with E-state index in [0.29, 0.717) is 19.6 Å². The van der Waals surface area contributed by atoms with Crippen LogP contribution in [0.15, 0.2) is 0 Å². The third-order valence-corrected chi connectivity index (χ3v) is 6.81. The highest BCUT2D eigenvalue weighted by Gasteiger charge is 2.42. The summed E-state index contributed by atoms with van der Waals surface area (Å²) < 4.78 is 10.7. The molecule has 0 aromatic carbocycles. The fraction of sp³-hybridized carbons (Fsp3) is 0.846. The molecule has 2 fully saturated rings. The Balaban J connectivity index is 0.000000643. The minimum absolute atomic E-state index is 0.0669. The van der Waals surface area contributed by atoms with Crippen molar-refractivity contribution in [3.05, 3.63) is 0 Å². The summed E-state index contributed by atoms with van der Waals surface area (Å²) >= 11 is 15.0. The summed E-state index contributed by atoms with van der Waals surface area (Å²) in [4.78, 5) is 48.2. The van der Waals surface area contributed by atoms with E-state index in [4.69, 9.17) is 50.0 Å². The molecule has 39 heavy (non-hydrogen) atoms. The molecule has 2 aliphatic rings. The van der Waals surface area contributed by atoms with Crippen molar-refractivity contribution < 1.29 is 28.7 Å². The Bertz CT molecular complexity index is 833. The van der Waals surface area contributed by atoms with Gasteiger partial charge in [-0.25, -0.2) is 9.59 Å². The largest absolute Gasteiger partial charge is 0.444 e. The van der Waals surface area contributed by atoms with E-state index in [1.54, 1.807) is 9.80 Å². The zero-order valence-corrected chi connectivity index (χ0v) is 26.9. The lowest BCUT2D eigenvalue weighted by atomic mass is 9.99. The molecule has 10 nitrogen and oxygen atoms in total. The molecule has 0 aromatic rings. The first-order chi connectivity index (χ1) is 17.7. The van der Waals surface area contributed by atoms with Crippen molar-refractivity contribution in [1.29, 1.82) is 0 Å². The van der Waals surface area contributed by atoms with Crippen LogP contribution in [0, 0.1) is 0 Å². The quantitative estimate of drug-likeness (QED) is 0.333. The lowest BCUT2D eigenvalue weighted by Gasteiger charge is -2.36. The Morgan fingerprint density at radius 1 is 0.821 bits per heavy atom. The van der Waals surface area contributed by atoms with Crippen molar-refractivity contribution >= 4 is 58.1 Å². The van der Waals surface area contributed by atoms with Crippen LogP contribution in [0.4, 0.5) is 9.59 Å². The minimum atomic E-state index is -0.514. The number of halogens is 3. The summed E-state index contributed by atoms with van der Waals surface area (Å²) in [6, 6.07) is 0. The Morgan fingerprint density at radius 2 is 1.21 bits per heavy atom. The monoisotopic (exact) mass is 616 g/mol. The molecule has 2 rings (SSSR count). The average molecular weight is 618 g/mol. The molecule has 0 bridgehead atoms. The van der Waals surface area contributed by atoms with Crippen LogP contribution < -0.4 is 11.1 Å². The van der Waals surface area contributed by atoms with Gasteiger partial charge in [-0.2, -0.15) is 0 Å². The highest BCUT2D eigenvalue weighted by atomic mass is 35.5. The number of carbonyl (C=O) groups is 4. The second-order valence-corrected chi connectivity index (χ2v) is 13.0. The third kappa shape index (κ3) is 14.1. The maximum Gasteiger partial charge on any atom is 0.410 e. The highest BCUT2D eigenvalue weighted by molar-refractivity contribution is 6.67. The molecule has 0 aromatic heterocycles. The fourth-order valence-corrected chi connectivity index (χ4v) is 4.13. The molecular weight excluding hydrogens is 571 g/mol. The van der Waals surface area contributed by atoms with Crippen molar-refractivity contribution in [2.24, 2.45) is 5.73 Å². The van der Waals surface area contributed by atoms with Gasteiger partial charge in [-0.15, -0.1) is 23.2 Å². The molecule has 2 saturated heterocycles. The van der Waals surface area contributed by atoms with Gasteiger partial charge in [0.05, 0.1) is 17.0 Å². The summed E-state index contributed by atoms with van der Waals surface area (Å²) in [6.45, 7) is 17.4. The standard InChI is InChI=1S/C13H23ClN2O3.C11H22N2O2.C2H2Cl2O/c1-12(2,3)19-11(18)16-7-5-6-13(16,4)9-15-10(17)8-14;1-10(2,3)15-9(14)13-7-5-6-11(13,4)8-12;3-1-2(4)5/h5-9H2,1-4H3,(H,15,17);5-8,12H2,1-4H3;1H2. The number of nitrogens with two attached hydrogens (primary N) is 1. The molecule has 0 aliphatic carbocycles. The fourth-order valence-electron chi connectivity index (χ4n) is 4.04. The van der Waals surface area contributed by atoms with Gasteiger partial charge in [-0.1, -0.05) is 0 Å². The second-order valence-electron chi connectivity index (χ2n) is 12.1. The van der Waals surface area contributed by atoms with Gasteiger partial charge in [0.25, 0.3) is 0 Å². The zero-order valence-electron chi connectivity index (χ0n) is 24.6. The van der Waals surface area contributed by atoms with Gasteiger partial charge in [0, 0.05) is 26.2 Å². The molecule has 2 atom stereocenters. The Morgan fingerprint density at radius 3 is 1.54 bits per heavy atom. The molecule has 228 valence electrons. The number of rotatable bonds is 5. The van der Waals surface area contributed by atoms with Crippen molar-refractivity contribution in [2.45, 2.75) is 103 Å². The number of nitrogens with zero attached hydrogens (tertiary/aromatic N) is 2. The van der Waals surface area contributed by atoms with E-state index in [-0.39, 0.29) is 35.4 Å².